The summed E-state index contributed by atoms with van der Waals surface area (Å²) >= 11 is 0. The van der Waals surface area contributed by atoms with Crippen LogP contribution in [0.25, 0.3) is 0 Å². The Balaban J connectivity index is 0.000000192. The Kier molecular flexibility index (Phi) is 6.03. The van der Waals surface area contributed by atoms with Crippen LogP contribution in [-0.2, 0) is 6.42 Å². The van der Waals surface area contributed by atoms with Crippen molar-refractivity contribution < 1.29 is 8.78 Å². The quantitative estimate of drug-likeness (QED) is 0.791. The molecule has 0 spiro atoms. The largest absolute Gasteiger partial charge is 0.368 e. The lowest BCUT2D eigenvalue weighted by Crippen LogP contribution is -2.44. The second-order valence-corrected chi connectivity index (χ2v) is 6.68. The Morgan fingerprint density at radius 3 is 2.20 bits per heavy atom. The highest BCUT2D eigenvalue weighted by Gasteiger charge is 2.28. The highest BCUT2D eigenvalue weighted by molar-refractivity contribution is 5.58. The highest BCUT2D eigenvalue weighted by atomic mass is 19.1. The summed E-state index contributed by atoms with van der Waals surface area (Å²) in [7, 11) is 0. The molecule has 0 bridgehead atoms. The highest BCUT2D eigenvalue weighted by Crippen LogP contribution is 2.32. The molecule has 1 saturated heterocycles. The molecule has 25 heavy (non-hydrogen) atoms. The van der Waals surface area contributed by atoms with Gasteiger partial charge < -0.3 is 9.80 Å². The van der Waals surface area contributed by atoms with Gasteiger partial charge in [0, 0.05) is 37.4 Å². The number of fused-ring (bicyclic) bond motifs is 1. The van der Waals surface area contributed by atoms with E-state index in [1.807, 2.05) is 0 Å². The summed E-state index contributed by atoms with van der Waals surface area (Å²) in [6.45, 7) is 7.27. The van der Waals surface area contributed by atoms with Crippen LogP contribution in [0.4, 0.5) is 14.5 Å². The van der Waals surface area contributed by atoms with Crippen LogP contribution < -0.4 is 4.90 Å². The zero-order valence-corrected chi connectivity index (χ0v) is 14.8. The monoisotopic (exact) mass is 344 g/mol. The lowest BCUT2D eigenvalue weighted by atomic mass is 10.0. The van der Waals surface area contributed by atoms with Crippen LogP contribution in [0.2, 0.25) is 0 Å². The van der Waals surface area contributed by atoms with E-state index < -0.39 is 11.6 Å². The van der Waals surface area contributed by atoms with Gasteiger partial charge in [-0.05, 0) is 49.6 Å². The van der Waals surface area contributed by atoms with E-state index in [2.05, 4.69) is 41.0 Å². The third-order valence-electron chi connectivity index (χ3n) is 5.15. The van der Waals surface area contributed by atoms with Gasteiger partial charge in [0.1, 0.15) is 11.6 Å². The molecular weight excluding hydrogens is 318 g/mol. The normalized spacial score (nSPS) is 17.8. The van der Waals surface area contributed by atoms with E-state index >= 15 is 0 Å². The van der Waals surface area contributed by atoms with Crippen molar-refractivity contribution in [2.24, 2.45) is 0 Å². The average molecular weight is 344 g/mol. The van der Waals surface area contributed by atoms with Crippen LogP contribution in [0.1, 0.15) is 25.3 Å². The Hall–Kier alpha value is -1.94. The van der Waals surface area contributed by atoms with Gasteiger partial charge in [-0.15, -0.1) is 0 Å². The number of para-hydroxylation sites is 1. The molecule has 2 heterocycles. The summed E-state index contributed by atoms with van der Waals surface area (Å²) in [5, 5.41) is 0. The molecular formula is C21H26F2N2. The first-order valence-electron chi connectivity index (χ1n) is 9.15. The van der Waals surface area contributed by atoms with Crippen molar-refractivity contribution in [2.45, 2.75) is 32.2 Å². The number of halogens is 2. The van der Waals surface area contributed by atoms with E-state index in [1.165, 1.54) is 69.3 Å². The first kappa shape index (κ1) is 17.9. The zero-order valence-electron chi connectivity index (χ0n) is 14.8. The average Bonchev–Trinajstić information content (AvgIpc) is 3.06. The molecule has 0 unspecified atom stereocenters. The van der Waals surface area contributed by atoms with Crippen LogP contribution in [0, 0.1) is 11.6 Å². The molecule has 2 aliphatic rings. The van der Waals surface area contributed by atoms with E-state index in [-0.39, 0.29) is 0 Å². The number of nitrogens with zero attached hydrogens (tertiary/aromatic N) is 2. The van der Waals surface area contributed by atoms with Crippen molar-refractivity contribution in [3.8, 4) is 0 Å². The van der Waals surface area contributed by atoms with Gasteiger partial charge in [0.2, 0.25) is 0 Å². The van der Waals surface area contributed by atoms with E-state index in [0.717, 1.165) is 12.1 Å². The van der Waals surface area contributed by atoms with Gasteiger partial charge in [-0.25, -0.2) is 8.78 Å². The van der Waals surface area contributed by atoms with Crippen molar-refractivity contribution in [1.29, 1.82) is 0 Å². The summed E-state index contributed by atoms with van der Waals surface area (Å²) in [6, 6.07) is 14.3. The van der Waals surface area contributed by atoms with Crippen molar-refractivity contribution >= 4 is 5.69 Å². The van der Waals surface area contributed by atoms with Gasteiger partial charge in [0.25, 0.3) is 0 Å². The smallest absolute Gasteiger partial charge is 0.126 e. The van der Waals surface area contributed by atoms with Crippen molar-refractivity contribution in [3.63, 3.8) is 0 Å². The van der Waals surface area contributed by atoms with Gasteiger partial charge in [-0.1, -0.05) is 31.2 Å². The fourth-order valence-corrected chi connectivity index (χ4v) is 3.75. The molecule has 0 aromatic heterocycles. The number of hydrogen-bond donors (Lipinski definition) is 0. The standard InChI is InChI=1S/C15H22N2.C6H4F2/c1-2-16-10-8-14(9-11-16)17-12-7-13-5-3-4-6-15(13)17;7-5-2-1-3-6(8)4-5/h3-6,14H,2,7-12H2,1H3;1-4H. The molecule has 4 heteroatoms. The second-order valence-electron chi connectivity index (χ2n) is 6.68. The summed E-state index contributed by atoms with van der Waals surface area (Å²) in [4.78, 5) is 5.22. The molecule has 1 fully saturated rings. The first-order valence-corrected chi connectivity index (χ1v) is 9.15. The molecule has 0 aliphatic carbocycles. The van der Waals surface area contributed by atoms with Gasteiger partial charge in [-0.3, -0.25) is 0 Å². The maximum absolute atomic E-state index is 11.9. The lowest BCUT2D eigenvalue weighted by molar-refractivity contribution is 0.219. The van der Waals surface area contributed by atoms with Crippen LogP contribution in [0.3, 0.4) is 0 Å². The first-order chi connectivity index (χ1) is 12.2. The van der Waals surface area contributed by atoms with Crippen LogP contribution in [-0.4, -0.2) is 37.1 Å². The number of rotatable bonds is 2. The SMILES string of the molecule is CCN1CCC(N2CCc3ccccc32)CC1.Fc1cccc(F)c1. The zero-order chi connectivity index (χ0) is 17.6. The van der Waals surface area contributed by atoms with E-state index in [9.17, 15) is 8.78 Å². The fourth-order valence-electron chi connectivity index (χ4n) is 3.75. The van der Waals surface area contributed by atoms with Crippen LogP contribution in [0.5, 0.6) is 0 Å². The minimum absolute atomic E-state index is 0.537. The summed E-state index contributed by atoms with van der Waals surface area (Å²) in [6.07, 6.45) is 3.91. The number of piperidine rings is 1. The number of anilines is 1. The van der Waals surface area contributed by atoms with E-state index in [0.29, 0.717) is 0 Å². The number of likely N-dealkylation sites (tertiary alicyclic amines) is 1. The maximum Gasteiger partial charge on any atom is 0.126 e. The second kappa shape index (κ2) is 8.43. The number of benzene rings is 2. The van der Waals surface area contributed by atoms with Gasteiger partial charge in [0.05, 0.1) is 0 Å². The minimum atomic E-state index is -0.537. The predicted molar refractivity (Wildman–Crippen MR) is 99.0 cm³/mol. The molecule has 134 valence electrons. The molecule has 2 aliphatic heterocycles. The molecule has 0 amide bonds. The maximum atomic E-state index is 11.9. The number of hydrogen-bond acceptors (Lipinski definition) is 2. The molecule has 2 nitrogen and oxygen atoms in total. The fraction of sp³-hybridized carbons (Fsp3) is 0.429. The van der Waals surface area contributed by atoms with Gasteiger partial charge in [0.15, 0.2) is 0 Å². The molecule has 0 radical (unpaired) electrons. The summed E-state index contributed by atoms with van der Waals surface area (Å²) in [5.74, 6) is -1.07. The van der Waals surface area contributed by atoms with Crippen molar-refractivity contribution in [2.75, 3.05) is 31.1 Å². The molecule has 2 aromatic rings. The molecule has 0 saturated carbocycles. The van der Waals surface area contributed by atoms with Crippen molar-refractivity contribution in [1.82, 2.24) is 4.90 Å². The summed E-state index contributed by atoms with van der Waals surface area (Å²) < 4.78 is 23.9. The van der Waals surface area contributed by atoms with Gasteiger partial charge in [-0.2, -0.15) is 0 Å². The molecule has 4 rings (SSSR count). The van der Waals surface area contributed by atoms with Crippen LogP contribution in [0.15, 0.2) is 48.5 Å². The van der Waals surface area contributed by atoms with Gasteiger partial charge >= 0.3 is 0 Å². The Labute approximate surface area is 149 Å². The molecule has 0 atom stereocenters. The molecule has 2 aromatic carbocycles. The third-order valence-corrected chi connectivity index (χ3v) is 5.15. The Morgan fingerprint density at radius 2 is 1.60 bits per heavy atom. The molecule has 0 N–H and O–H groups in total. The third kappa shape index (κ3) is 4.57. The Bertz CT molecular complexity index is 664. The van der Waals surface area contributed by atoms with Crippen molar-refractivity contribution in [3.05, 3.63) is 65.7 Å². The topological polar surface area (TPSA) is 6.48 Å². The minimum Gasteiger partial charge on any atom is -0.368 e. The lowest BCUT2D eigenvalue weighted by Gasteiger charge is -2.37. The van der Waals surface area contributed by atoms with E-state index in [4.69, 9.17) is 0 Å². The summed E-state index contributed by atoms with van der Waals surface area (Å²) in [5.41, 5.74) is 3.05. The van der Waals surface area contributed by atoms with E-state index in [1.54, 1.807) is 5.56 Å². The predicted octanol–water partition coefficient (Wildman–Crippen LogP) is 4.50. The van der Waals surface area contributed by atoms with Crippen LogP contribution >= 0.6 is 0 Å². The Morgan fingerprint density at radius 1 is 0.920 bits per heavy atom.